The van der Waals surface area contributed by atoms with E-state index in [1.807, 2.05) is 6.07 Å². The molecule has 0 aliphatic carbocycles. The molecule has 2 rings (SSSR count). The molecule has 102 valence electrons. The Balaban J connectivity index is 2.49. The lowest BCUT2D eigenvalue weighted by atomic mass is 9.89. The average Bonchev–Trinajstić information content (AvgIpc) is 2.71. The largest absolute Gasteiger partial charge is 0.399 e. The van der Waals surface area contributed by atoms with Crippen molar-refractivity contribution in [2.75, 3.05) is 5.73 Å². The van der Waals surface area contributed by atoms with Gasteiger partial charge in [0.05, 0.1) is 11.4 Å². The maximum absolute atomic E-state index is 13.0. The number of rotatable bonds is 2. The van der Waals surface area contributed by atoms with E-state index in [4.69, 9.17) is 5.73 Å². The molecule has 0 aliphatic rings. The summed E-state index contributed by atoms with van der Waals surface area (Å²) < 4.78 is 40.2. The number of anilines is 1. The number of halogens is 3. The summed E-state index contributed by atoms with van der Waals surface area (Å²) in [5.74, 6) is 0.179. The normalized spacial score (nSPS) is 12.7. The summed E-state index contributed by atoms with van der Waals surface area (Å²) in [4.78, 5) is 0. The van der Waals surface area contributed by atoms with E-state index in [0.29, 0.717) is 5.69 Å². The number of nitrogens with two attached hydrogens (primary N) is 1. The van der Waals surface area contributed by atoms with E-state index in [1.54, 1.807) is 24.3 Å². The van der Waals surface area contributed by atoms with Crippen LogP contribution >= 0.6 is 0 Å². The summed E-state index contributed by atoms with van der Waals surface area (Å²) in [5, 5.41) is 3.99. The van der Waals surface area contributed by atoms with E-state index in [2.05, 4.69) is 5.10 Å². The van der Waals surface area contributed by atoms with Gasteiger partial charge in [0.15, 0.2) is 0 Å². The smallest absolute Gasteiger partial charge is 0.384 e. The minimum Gasteiger partial charge on any atom is -0.384 e. The van der Waals surface area contributed by atoms with Crippen LogP contribution in [0.1, 0.15) is 19.5 Å². The second-order valence-electron chi connectivity index (χ2n) is 4.82. The van der Waals surface area contributed by atoms with Crippen LogP contribution in [0.5, 0.6) is 0 Å². The van der Waals surface area contributed by atoms with Gasteiger partial charge in [-0.05, 0) is 26.0 Å². The Morgan fingerprint density at radius 2 is 1.68 bits per heavy atom. The fourth-order valence-corrected chi connectivity index (χ4v) is 1.62. The van der Waals surface area contributed by atoms with E-state index in [0.717, 1.165) is 13.8 Å². The molecule has 0 unspecified atom stereocenters. The number of nitrogen functional groups attached to an aromatic ring is 1. The van der Waals surface area contributed by atoms with Crippen LogP contribution in [-0.2, 0) is 5.41 Å². The first-order chi connectivity index (χ1) is 8.73. The lowest BCUT2D eigenvalue weighted by molar-refractivity contribution is -0.181. The molecule has 1 aromatic heterocycles. The molecule has 0 amide bonds. The van der Waals surface area contributed by atoms with Crippen LogP contribution < -0.4 is 5.73 Å². The molecule has 3 nitrogen and oxygen atoms in total. The second-order valence-corrected chi connectivity index (χ2v) is 4.82. The molecule has 6 heteroatoms. The summed E-state index contributed by atoms with van der Waals surface area (Å²) in [7, 11) is 0. The quantitative estimate of drug-likeness (QED) is 0.909. The molecule has 0 bridgehead atoms. The zero-order chi connectivity index (χ0) is 14.3. The number of hydrogen-bond donors (Lipinski definition) is 1. The van der Waals surface area contributed by atoms with Gasteiger partial charge in [0, 0.05) is 6.07 Å². The summed E-state index contributed by atoms with van der Waals surface area (Å²) in [5.41, 5.74) is 4.24. The second kappa shape index (κ2) is 4.29. The zero-order valence-electron chi connectivity index (χ0n) is 10.6. The number of benzene rings is 1. The molecule has 0 aliphatic heterocycles. The lowest BCUT2D eigenvalue weighted by Gasteiger charge is -2.25. The Morgan fingerprint density at radius 1 is 1.11 bits per heavy atom. The Labute approximate surface area is 108 Å². The fraction of sp³-hybridized carbons (Fsp3) is 0.308. The molecule has 0 fully saturated rings. The van der Waals surface area contributed by atoms with Gasteiger partial charge in [0.25, 0.3) is 0 Å². The van der Waals surface area contributed by atoms with Gasteiger partial charge in [-0.15, -0.1) is 0 Å². The van der Waals surface area contributed by atoms with E-state index in [9.17, 15) is 13.2 Å². The molecule has 0 saturated heterocycles. The summed E-state index contributed by atoms with van der Waals surface area (Å²) in [6, 6.07) is 10.1. The number of aromatic nitrogens is 2. The molecule has 0 saturated carbocycles. The number of para-hydroxylation sites is 1. The van der Waals surface area contributed by atoms with Crippen LogP contribution in [0.4, 0.5) is 19.0 Å². The number of hydrogen-bond acceptors (Lipinski definition) is 2. The van der Waals surface area contributed by atoms with Gasteiger partial charge in [-0.1, -0.05) is 18.2 Å². The third kappa shape index (κ3) is 2.30. The van der Waals surface area contributed by atoms with Gasteiger partial charge < -0.3 is 5.73 Å². The minimum absolute atomic E-state index is 0.0960. The van der Waals surface area contributed by atoms with Gasteiger partial charge in [0.2, 0.25) is 0 Å². The third-order valence-electron chi connectivity index (χ3n) is 3.09. The first-order valence-corrected chi connectivity index (χ1v) is 5.71. The third-order valence-corrected chi connectivity index (χ3v) is 3.09. The van der Waals surface area contributed by atoms with Crippen molar-refractivity contribution in [2.24, 2.45) is 0 Å². The highest BCUT2D eigenvalue weighted by Gasteiger charge is 2.50. The average molecular weight is 269 g/mol. The van der Waals surface area contributed by atoms with E-state index in [1.165, 1.54) is 10.7 Å². The van der Waals surface area contributed by atoms with Crippen LogP contribution in [0, 0.1) is 0 Å². The lowest BCUT2D eigenvalue weighted by Crippen LogP contribution is -2.36. The molecule has 1 heterocycles. The zero-order valence-corrected chi connectivity index (χ0v) is 10.6. The van der Waals surface area contributed by atoms with Gasteiger partial charge in [-0.3, -0.25) is 0 Å². The highest BCUT2D eigenvalue weighted by Crippen LogP contribution is 2.40. The summed E-state index contributed by atoms with van der Waals surface area (Å²) in [6.07, 6.45) is -4.38. The molecule has 0 radical (unpaired) electrons. The first kappa shape index (κ1) is 13.5. The topological polar surface area (TPSA) is 43.8 Å². The summed E-state index contributed by atoms with van der Waals surface area (Å²) in [6.45, 7) is 2.17. The van der Waals surface area contributed by atoms with Crippen LogP contribution in [0.15, 0.2) is 36.4 Å². The molecule has 2 N–H and O–H groups in total. The van der Waals surface area contributed by atoms with Crippen LogP contribution in [0.3, 0.4) is 0 Å². The van der Waals surface area contributed by atoms with Gasteiger partial charge in [0.1, 0.15) is 11.2 Å². The van der Waals surface area contributed by atoms with Crippen molar-refractivity contribution >= 4 is 5.82 Å². The predicted octanol–water partition coefficient (Wildman–Crippen LogP) is 3.29. The molecular weight excluding hydrogens is 255 g/mol. The van der Waals surface area contributed by atoms with Crippen molar-refractivity contribution < 1.29 is 13.2 Å². The molecular formula is C13H14F3N3. The van der Waals surface area contributed by atoms with Crippen molar-refractivity contribution in [3.8, 4) is 5.69 Å². The van der Waals surface area contributed by atoms with Crippen LogP contribution in [0.2, 0.25) is 0 Å². The Kier molecular flexibility index (Phi) is 3.04. The maximum Gasteiger partial charge on any atom is 0.399 e. The van der Waals surface area contributed by atoms with Gasteiger partial charge >= 0.3 is 6.18 Å². The van der Waals surface area contributed by atoms with Crippen LogP contribution in [0.25, 0.3) is 5.69 Å². The van der Waals surface area contributed by atoms with Crippen molar-refractivity contribution in [1.29, 1.82) is 0 Å². The van der Waals surface area contributed by atoms with Gasteiger partial charge in [-0.2, -0.15) is 18.3 Å². The first-order valence-electron chi connectivity index (χ1n) is 5.71. The molecule has 2 aromatic rings. The van der Waals surface area contributed by atoms with Crippen molar-refractivity contribution in [2.45, 2.75) is 25.4 Å². The maximum atomic E-state index is 13.0. The van der Waals surface area contributed by atoms with Crippen LogP contribution in [-0.4, -0.2) is 16.0 Å². The van der Waals surface area contributed by atoms with Crippen molar-refractivity contribution in [3.05, 3.63) is 42.1 Å². The molecule has 0 spiro atoms. The Hall–Kier alpha value is -1.98. The predicted molar refractivity (Wildman–Crippen MR) is 67.1 cm³/mol. The monoisotopic (exact) mass is 269 g/mol. The SMILES string of the molecule is CC(C)(c1cc(N)n(-c2ccccc2)n1)C(F)(F)F. The minimum atomic E-state index is -4.38. The van der Waals surface area contributed by atoms with Crippen molar-refractivity contribution in [1.82, 2.24) is 9.78 Å². The number of alkyl halides is 3. The van der Waals surface area contributed by atoms with E-state index >= 15 is 0 Å². The Morgan fingerprint density at radius 3 is 2.21 bits per heavy atom. The van der Waals surface area contributed by atoms with E-state index < -0.39 is 11.6 Å². The Bertz CT molecular complexity index is 571. The standard InChI is InChI=1S/C13H14F3N3/c1-12(2,13(14,15)16)10-8-11(17)19(18-10)9-6-4-3-5-7-9/h3-8H,17H2,1-2H3. The fourth-order valence-electron chi connectivity index (χ4n) is 1.62. The highest BCUT2D eigenvalue weighted by atomic mass is 19.4. The molecule has 1 aromatic carbocycles. The van der Waals surface area contributed by atoms with Crippen molar-refractivity contribution in [3.63, 3.8) is 0 Å². The summed E-state index contributed by atoms with van der Waals surface area (Å²) >= 11 is 0. The number of nitrogens with zero attached hydrogens (tertiary/aromatic N) is 2. The van der Waals surface area contributed by atoms with E-state index in [-0.39, 0.29) is 11.5 Å². The highest BCUT2D eigenvalue weighted by molar-refractivity contribution is 5.44. The molecule has 0 atom stereocenters. The van der Waals surface area contributed by atoms with Gasteiger partial charge in [-0.25, -0.2) is 4.68 Å². The molecule has 19 heavy (non-hydrogen) atoms.